The molecule has 0 unspecified atom stereocenters. The number of ketones is 1. The zero-order valence-corrected chi connectivity index (χ0v) is 12.0. The summed E-state index contributed by atoms with van der Waals surface area (Å²) in [6, 6.07) is 3.33. The third-order valence-electron chi connectivity index (χ3n) is 4.03. The van der Waals surface area contributed by atoms with Gasteiger partial charge < -0.3 is 14.7 Å². The number of nitrogens with zero attached hydrogens (tertiary/aromatic N) is 1. The van der Waals surface area contributed by atoms with Crippen LogP contribution in [0.2, 0.25) is 5.02 Å². The summed E-state index contributed by atoms with van der Waals surface area (Å²) in [4.78, 5) is 14.4. The molecule has 3 saturated heterocycles. The summed E-state index contributed by atoms with van der Waals surface area (Å²) in [6.07, 6.45) is 3.74. The number of methoxy groups -OCH3 is 1. The summed E-state index contributed by atoms with van der Waals surface area (Å²) in [7, 11) is 1.47. The summed E-state index contributed by atoms with van der Waals surface area (Å²) < 4.78 is 5.08. The number of ether oxygens (including phenoxy) is 1. The topological polar surface area (TPSA) is 49.8 Å². The quantitative estimate of drug-likeness (QED) is 0.852. The number of rotatable bonds is 2. The summed E-state index contributed by atoms with van der Waals surface area (Å²) in [5.41, 5.74) is 1.51. The summed E-state index contributed by atoms with van der Waals surface area (Å²) in [5.74, 6) is 0.618. The zero-order valence-electron chi connectivity index (χ0n) is 11.2. The molecular weight excluding hydrogens is 278 g/mol. The first-order valence-electron chi connectivity index (χ1n) is 6.67. The number of carbonyl (C=O) groups is 1. The van der Waals surface area contributed by atoms with Crippen LogP contribution in [0.3, 0.4) is 0 Å². The van der Waals surface area contributed by atoms with Crippen molar-refractivity contribution in [3.05, 3.63) is 28.4 Å². The molecule has 2 bridgehead atoms. The van der Waals surface area contributed by atoms with Gasteiger partial charge in [-0.05, 0) is 36.6 Å². The maximum absolute atomic E-state index is 12.3. The van der Waals surface area contributed by atoms with Crippen LogP contribution in [0.15, 0.2) is 17.8 Å². The van der Waals surface area contributed by atoms with Crippen LogP contribution in [0.1, 0.15) is 18.4 Å². The Morgan fingerprint density at radius 1 is 1.40 bits per heavy atom. The van der Waals surface area contributed by atoms with Gasteiger partial charge in [-0.1, -0.05) is 11.6 Å². The average Bonchev–Trinajstić information content (AvgIpc) is 2.46. The van der Waals surface area contributed by atoms with E-state index in [4.69, 9.17) is 16.3 Å². The zero-order chi connectivity index (χ0) is 14.3. The van der Waals surface area contributed by atoms with Crippen molar-refractivity contribution in [2.75, 3.05) is 20.2 Å². The summed E-state index contributed by atoms with van der Waals surface area (Å²) >= 11 is 5.97. The smallest absolute Gasteiger partial charge is 0.182 e. The molecule has 106 valence electrons. The van der Waals surface area contributed by atoms with Gasteiger partial charge in [0.05, 0.1) is 17.8 Å². The van der Waals surface area contributed by atoms with E-state index in [0.29, 0.717) is 5.75 Å². The van der Waals surface area contributed by atoms with Crippen LogP contribution in [0.25, 0.3) is 6.08 Å². The fourth-order valence-electron chi connectivity index (χ4n) is 2.90. The average molecular weight is 294 g/mol. The van der Waals surface area contributed by atoms with Gasteiger partial charge in [0.25, 0.3) is 0 Å². The number of piperidine rings is 3. The number of allylic oxidation sites excluding steroid dienone is 1. The minimum absolute atomic E-state index is 0.0758. The first kappa shape index (κ1) is 13.3. The Balaban J connectivity index is 2.00. The molecule has 5 heteroatoms. The molecule has 4 rings (SSSR count). The molecule has 0 aliphatic carbocycles. The maximum Gasteiger partial charge on any atom is 0.182 e. The van der Waals surface area contributed by atoms with Gasteiger partial charge in [0, 0.05) is 19.0 Å². The van der Waals surface area contributed by atoms with Crippen molar-refractivity contribution in [1.82, 2.24) is 4.90 Å². The highest BCUT2D eigenvalue weighted by Gasteiger charge is 2.36. The number of phenolic OH excluding ortho intramolecular Hbond substituents is 1. The normalized spacial score (nSPS) is 20.8. The molecular formula is C15H16ClNO3. The minimum Gasteiger partial charge on any atom is -0.503 e. The third-order valence-corrected chi connectivity index (χ3v) is 4.32. The first-order chi connectivity index (χ1) is 9.60. The van der Waals surface area contributed by atoms with Gasteiger partial charge in [0.1, 0.15) is 0 Å². The fourth-order valence-corrected chi connectivity index (χ4v) is 3.12. The van der Waals surface area contributed by atoms with E-state index in [9.17, 15) is 9.90 Å². The Morgan fingerprint density at radius 2 is 2.10 bits per heavy atom. The second-order valence-corrected chi connectivity index (χ2v) is 5.62. The molecule has 3 heterocycles. The largest absolute Gasteiger partial charge is 0.503 e. The van der Waals surface area contributed by atoms with Crippen molar-refractivity contribution in [3.8, 4) is 11.5 Å². The minimum atomic E-state index is -0.0758. The number of hydrogen-bond donors (Lipinski definition) is 1. The van der Waals surface area contributed by atoms with Crippen molar-refractivity contribution in [1.29, 1.82) is 0 Å². The lowest BCUT2D eigenvalue weighted by Crippen LogP contribution is -2.45. The molecule has 0 spiro atoms. The predicted molar refractivity (Wildman–Crippen MR) is 76.9 cm³/mol. The van der Waals surface area contributed by atoms with Crippen LogP contribution in [0.4, 0.5) is 0 Å². The Bertz CT molecular complexity index is 589. The number of phenols is 1. The van der Waals surface area contributed by atoms with E-state index in [1.807, 2.05) is 6.08 Å². The molecule has 3 aliphatic rings. The molecule has 0 aromatic heterocycles. The number of hydrogen-bond acceptors (Lipinski definition) is 4. The van der Waals surface area contributed by atoms with E-state index < -0.39 is 0 Å². The lowest BCUT2D eigenvalue weighted by molar-refractivity contribution is -0.125. The third kappa shape index (κ3) is 2.14. The number of Topliss-reactive ketones (excluding diaryl/α,β-unsaturated/α-hetero) is 1. The van der Waals surface area contributed by atoms with E-state index in [2.05, 4.69) is 4.90 Å². The van der Waals surface area contributed by atoms with Crippen molar-refractivity contribution in [2.45, 2.75) is 12.8 Å². The van der Waals surface area contributed by atoms with Crippen LogP contribution >= 0.6 is 11.6 Å². The molecule has 0 saturated carbocycles. The van der Waals surface area contributed by atoms with E-state index in [-0.39, 0.29) is 22.5 Å². The van der Waals surface area contributed by atoms with Crippen LogP contribution < -0.4 is 4.74 Å². The molecule has 0 radical (unpaired) electrons. The summed E-state index contributed by atoms with van der Waals surface area (Å²) in [5, 5.41) is 9.95. The summed E-state index contributed by atoms with van der Waals surface area (Å²) in [6.45, 7) is 1.87. The fraction of sp³-hybridized carbons (Fsp3) is 0.400. The molecule has 20 heavy (non-hydrogen) atoms. The van der Waals surface area contributed by atoms with Crippen molar-refractivity contribution in [2.24, 2.45) is 5.92 Å². The molecule has 1 N–H and O–H groups in total. The molecule has 3 aliphatic heterocycles. The highest BCUT2D eigenvalue weighted by molar-refractivity contribution is 6.32. The van der Waals surface area contributed by atoms with Crippen molar-refractivity contribution < 1.29 is 14.6 Å². The second-order valence-electron chi connectivity index (χ2n) is 5.21. The number of carbonyl (C=O) groups excluding carboxylic acids is 1. The van der Waals surface area contributed by atoms with Gasteiger partial charge in [-0.2, -0.15) is 0 Å². The Morgan fingerprint density at radius 3 is 2.70 bits per heavy atom. The van der Waals surface area contributed by atoms with Crippen LogP contribution in [0, 0.1) is 5.92 Å². The molecule has 1 aromatic rings. The Labute approximate surface area is 122 Å². The first-order valence-corrected chi connectivity index (χ1v) is 7.05. The molecule has 1 aromatic carbocycles. The predicted octanol–water partition coefficient (Wildman–Crippen LogP) is 2.69. The molecule has 0 atom stereocenters. The van der Waals surface area contributed by atoms with Crippen LogP contribution in [0.5, 0.6) is 11.5 Å². The van der Waals surface area contributed by atoms with Gasteiger partial charge in [-0.15, -0.1) is 0 Å². The highest BCUT2D eigenvalue weighted by atomic mass is 35.5. The van der Waals surface area contributed by atoms with E-state index in [1.54, 1.807) is 12.1 Å². The van der Waals surface area contributed by atoms with Gasteiger partial charge in [0.15, 0.2) is 17.3 Å². The molecule has 4 nitrogen and oxygen atoms in total. The SMILES string of the molecule is COc1cc(/C=C2/C(=O)C3CCN2CC3)cc(Cl)c1O. The van der Waals surface area contributed by atoms with Crippen LogP contribution in [-0.2, 0) is 4.79 Å². The monoisotopic (exact) mass is 293 g/mol. The lowest BCUT2D eigenvalue weighted by Gasteiger charge is -2.41. The second kappa shape index (κ2) is 5.02. The number of fused-ring (bicyclic) bond motifs is 3. The van der Waals surface area contributed by atoms with Gasteiger partial charge >= 0.3 is 0 Å². The van der Waals surface area contributed by atoms with Crippen molar-refractivity contribution in [3.63, 3.8) is 0 Å². The Kier molecular flexibility index (Phi) is 3.34. The van der Waals surface area contributed by atoms with Crippen LogP contribution in [-0.4, -0.2) is 36.0 Å². The van der Waals surface area contributed by atoms with Gasteiger partial charge in [0.2, 0.25) is 0 Å². The Hall–Kier alpha value is -1.68. The van der Waals surface area contributed by atoms with Gasteiger partial charge in [-0.25, -0.2) is 0 Å². The number of aromatic hydroxyl groups is 1. The van der Waals surface area contributed by atoms with E-state index >= 15 is 0 Å². The number of benzene rings is 1. The number of halogens is 1. The highest BCUT2D eigenvalue weighted by Crippen LogP contribution is 2.37. The maximum atomic E-state index is 12.3. The molecule has 0 amide bonds. The molecule has 3 fully saturated rings. The van der Waals surface area contributed by atoms with Gasteiger partial charge in [-0.3, -0.25) is 4.79 Å². The van der Waals surface area contributed by atoms with E-state index in [0.717, 1.165) is 37.2 Å². The lowest BCUT2D eigenvalue weighted by atomic mass is 9.84. The standard InChI is InChI=1S/C15H16ClNO3/c1-20-13-8-9(6-11(16)15(13)19)7-12-14(18)10-2-4-17(12)5-3-10/h6-8,10,19H,2-5H2,1H3/b12-7-. The van der Waals surface area contributed by atoms with E-state index in [1.165, 1.54) is 7.11 Å². The van der Waals surface area contributed by atoms with Crippen molar-refractivity contribution >= 4 is 23.5 Å².